The first kappa shape index (κ1) is 20.8. The summed E-state index contributed by atoms with van der Waals surface area (Å²) in [6.07, 6.45) is -5.07. The number of pyridine rings is 1. The molecule has 5 nitrogen and oxygen atoms in total. The number of nitrogens with zero attached hydrogens (tertiary/aromatic N) is 1. The third-order valence-corrected chi connectivity index (χ3v) is 4.04. The first-order valence-electron chi connectivity index (χ1n) is 7.92. The second-order valence-electron chi connectivity index (χ2n) is 6.71. The minimum absolute atomic E-state index is 0.0499. The Kier molecular flexibility index (Phi) is 5.58. The van der Waals surface area contributed by atoms with Crippen LogP contribution in [0.3, 0.4) is 0 Å². The summed E-state index contributed by atoms with van der Waals surface area (Å²) >= 11 is 0. The van der Waals surface area contributed by atoms with E-state index >= 15 is 0 Å². The van der Waals surface area contributed by atoms with Gasteiger partial charge in [-0.25, -0.2) is 9.37 Å². The summed E-state index contributed by atoms with van der Waals surface area (Å²) in [5.41, 5.74) is 1.53. The number of nitrogens with two attached hydrogens (primary N) is 1. The second kappa shape index (κ2) is 7.24. The van der Waals surface area contributed by atoms with Gasteiger partial charge in [0.25, 0.3) is 0 Å². The molecule has 1 heterocycles. The van der Waals surface area contributed by atoms with Crippen molar-refractivity contribution in [3.63, 3.8) is 0 Å². The predicted molar refractivity (Wildman–Crippen MR) is 90.9 cm³/mol. The van der Waals surface area contributed by atoms with Crippen molar-refractivity contribution in [3.05, 3.63) is 53.5 Å². The van der Waals surface area contributed by atoms with Crippen molar-refractivity contribution in [3.8, 4) is 11.3 Å². The Morgan fingerprint density at radius 1 is 1.19 bits per heavy atom. The van der Waals surface area contributed by atoms with Crippen LogP contribution in [0, 0.1) is 5.82 Å². The van der Waals surface area contributed by atoms with Crippen LogP contribution in [0.2, 0.25) is 0 Å². The fourth-order valence-electron chi connectivity index (χ4n) is 2.41. The van der Waals surface area contributed by atoms with E-state index in [9.17, 15) is 27.5 Å². The molecule has 1 unspecified atom stereocenters. The van der Waals surface area contributed by atoms with Crippen molar-refractivity contribution in [1.29, 1.82) is 0 Å². The number of carbonyl (C=O) groups excluding carboxylic acids is 1. The Bertz CT molecular complexity index is 817. The van der Waals surface area contributed by atoms with Gasteiger partial charge in [0.05, 0.1) is 17.9 Å². The zero-order chi connectivity index (χ0) is 20.5. The minimum Gasteiger partial charge on any atom is -0.374 e. The number of rotatable bonds is 6. The summed E-state index contributed by atoms with van der Waals surface area (Å²) < 4.78 is 54.0. The third-order valence-electron chi connectivity index (χ3n) is 4.04. The molecule has 27 heavy (non-hydrogen) atoms. The molecule has 1 aromatic carbocycles. The molecule has 0 aliphatic carbocycles. The smallest absolute Gasteiger partial charge is 0.374 e. The van der Waals surface area contributed by atoms with E-state index in [2.05, 4.69) is 4.98 Å². The molecule has 1 amide bonds. The standard InChI is InChI=1S/C18H19F4N3O2/c1-16(2,23)12-7-14(11-3-5-13(19)6-4-11)25-15(8-12)17(27,9-24-10-26)18(20,21)22/h3-8,10,27H,9,23H2,1-2H3,(H,24,26). The highest BCUT2D eigenvalue weighted by atomic mass is 19.4. The Morgan fingerprint density at radius 3 is 2.26 bits per heavy atom. The van der Waals surface area contributed by atoms with E-state index in [1.54, 1.807) is 13.8 Å². The van der Waals surface area contributed by atoms with Crippen LogP contribution in [0.1, 0.15) is 25.1 Å². The highest BCUT2D eigenvalue weighted by Crippen LogP contribution is 2.39. The van der Waals surface area contributed by atoms with Gasteiger partial charge in [0, 0.05) is 11.1 Å². The maximum absolute atomic E-state index is 13.6. The second-order valence-corrected chi connectivity index (χ2v) is 6.71. The number of nitrogens with one attached hydrogen (secondary N) is 1. The van der Waals surface area contributed by atoms with Crippen molar-refractivity contribution in [2.75, 3.05) is 6.54 Å². The fraction of sp³-hybridized carbons (Fsp3) is 0.333. The summed E-state index contributed by atoms with van der Waals surface area (Å²) in [7, 11) is 0. The predicted octanol–water partition coefficient (Wildman–Crippen LogP) is 2.58. The normalized spacial score (nSPS) is 14.5. The molecule has 2 aromatic rings. The largest absolute Gasteiger partial charge is 0.424 e. The van der Waals surface area contributed by atoms with Gasteiger partial charge in [-0.05, 0) is 55.8 Å². The van der Waals surface area contributed by atoms with Gasteiger partial charge in [-0.2, -0.15) is 13.2 Å². The average molecular weight is 385 g/mol. The van der Waals surface area contributed by atoms with Crippen LogP contribution in [-0.4, -0.2) is 29.2 Å². The molecular weight excluding hydrogens is 366 g/mol. The minimum atomic E-state index is -5.12. The number of carbonyl (C=O) groups is 1. The van der Waals surface area contributed by atoms with Crippen LogP contribution in [0.15, 0.2) is 36.4 Å². The monoisotopic (exact) mass is 385 g/mol. The average Bonchev–Trinajstić information content (AvgIpc) is 2.58. The molecule has 0 aliphatic heterocycles. The molecule has 146 valence electrons. The molecule has 0 saturated heterocycles. The van der Waals surface area contributed by atoms with Crippen LogP contribution >= 0.6 is 0 Å². The molecule has 0 fully saturated rings. The molecule has 9 heteroatoms. The summed E-state index contributed by atoms with van der Waals surface area (Å²) in [5.74, 6) is -0.517. The van der Waals surface area contributed by atoms with Crippen LogP contribution in [0.5, 0.6) is 0 Å². The first-order valence-corrected chi connectivity index (χ1v) is 7.92. The number of amides is 1. The number of hydrogen-bond donors (Lipinski definition) is 3. The van der Waals surface area contributed by atoms with Crippen molar-refractivity contribution in [2.24, 2.45) is 5.73 Å². The quantitative estimate of drug-likeness (QED) is 0.527. The van der Waals surface area contributed by atoms with Gasteiger partial charge in [-0.3, -0.25) is 4.79 Å². The summed E-state index contributed by atoms with van der Waals surface area (Å²) in [6, 6.07) is 7.51. The lowest BCUT2D eigenvalue weighted by Crippen LogP contribution is -2.50. The van der Waals surface area contributed by atoms with Crippen molar-refractivity contribution in [2.45, 2.75) is 31.2 Å². The molecule has 4 N–H and O–H groups in total. The zero-order valence-electron chi connectivity index (χ0n) is 14.6. The van der Waals surface area contributed by atoms with Crippen LogP contribution < -0.4 is 11.1 Å². The number of alkyl halides is 3. The van der Waals surface area contributed by atoms with Gasteiger partial charge in [0.15, 0.2) is 0 Å². The molecule has 0 bridgehead atoms. The number of benzene rings is 1. The Balaban J connectivity index is 2.72. The van der Waals surface area contributed by atoms with Crippen molar-refractivity contribution < 1.29 is 27.5 Å². The van der Waals surface area contributed by atoms with E-state index in [0.717, 1.165) is 18.2 Å². The van der Waals surface area contributed by atoms with Gasteiger partial charge in [0.2, 0.25) is 12.0 Å². The molecule has 0 saturated carbocycles. The Morgan fingerprint density at radius 2 is 1.78 bits per heavy atom. The van der Waals surface area contributed by atoms with Crippen molar-refractivity contribution >= 4 is 6.41 Å². The molecule has 2 rings (SSSR count). The molecular formula is C18H19F4N3O2. The van der Waals surface area contributed by atoms with E-state index < -0.39 is 35.4 Å². The van der Waals surface area contributed by atoms with E-state index in [0.29, 0.717) is 5.56 Å². The van der Waals surface area contributed by atoms with Crippen molar-refractivity contribution in [1.82, 2.24) is 10.3 Å². The van der Waals surface area contributed by atoms with Crippen LogP contribution in [0.4, 0.5) is 17.6 Å². The van der Waals surface area contributed by atoms with Crippen LogP contribution in [0.25, 0.3) is 11.3 Å². The number of aliphatic hydroxyl groups is 1. The Hall–Kier alpha value is -2.52. The number of aromatic nitrogens is 1. The SMILES string of the molecule is CC(C)(N)c1cc(-c2ccc(F)cc2)nc(C(O)(CNC=O)C(F)(F)F)c1. The van der Waals surface area contributed by atoms with Gasteiger partial charge >= 0.3 is 6.18 Å². The van der Waals surface area contributed by atoms with Gasteiger partial charge in [-0.1, -0.05) is 0 Å². The summed E-state index contributed by atoms with van der Waals surface area (Å²) in [4.78, 5) is 14.4. The summed E-state index contributed by atoms with van der Waals surface area (Å²) in [6.45, 7) is 2.04. The molecule has 0 spiro atoms. The molecule has 0 radical (unpaired) electrons. The maximum Gasteiger partial charge on any atom is 0.424 e. The molecule has 0 aliphatic rings. The van der Waals surface area contributed by atoms with E-state index in [-0.39, 0.29) is 17.7 Å². The molecule has 1 atom stereocenters. The summed E-state index contributed by atoms with van der Waals surface area (Å²) in [5, 5.41) is 12.2. The van der Waals surface area contributed by atoms with Gasteiger partial charge in [-0.15, -0.1) is 0 Å². The third kappa shape index (κ3) is 4.42. The highest BCUT2D eigenvalue weighted by molar-refractivity contribution is 5.61. The fourth-order valence-corrected chi connectivity index (χ4v) is 2.41. The topological polar surface area (TPSA) is 88.2 Å². The van der Waals surface area contributed by atoms with E-state index in [1.165, 1.54) is 18.2 Å². The lowest BCUT2D eigenvalue weighted by atomic mass is 9.89. The van der Waals surface area contributed by atoms with Gasteiger partial charge < -0.3 is 16.2 Å². The maximum atomic E-state index is 13.6. The lowest BCUT2D eigenvalue weighted by molar-refractivity contribution is -0.265. The van der Waals surface area contributed by atoms with E-state index in [1.807, 2.05) is 5.32 Å². The number of hydrogen-bond acceptors (Lipinski definition) is 4. The molecule has 1 aromatic heterocycles. The van der Waals surface area contributed by atoms with Crippen LogP contribution in [-0.2, 0) is 15.9 Å². The lowest BCUT2D eigenvalue weighted by Gasteiger charge is -2.31. The van der Waals surface area contributed by atoms with E-state index in [4.69, 9.17) is 5.73 Å². The zero-order valence-corrected chi connectivity index (χ0v) is 14.6. The highest BCUT2D eigenvalue weighted by Gasteiger charge is 2.56. The first-order chi connectivity index (χ1) is 12.4. The number of halogens is 4. The Labute approximate surface area is 153 Å². The van der Waals surface area contributed by atoms with Gasteiger partial charge in [0.1, 0.15) is 5.82 Å².